The first-order chi connectivity index (χ1) is 17.3. The zero-order chi connectivity index (χ0) is 25.8. The van der Waals surface area contributed by atoms with Crippen LogP contribution in [0.15, 0.2) is 88.3 Å². The molecule has 0 radical (unpaired) electrons. The van der Waals surface area contributed by atoms with Crippen LogP contribution in [0, 0.1) is 6.92 Å². The van der Waals surface area contributed by atoms with Crippen molar-refractivity contribution in [1.82, 2.24) is 0 Å². The Balaban J connectivity index is 1.66. The summed E-state index contributed by atoms with van der Waals surface area (Å²) in [5.74, 6) is -0.719. The van der Waals surface area contributed by atoms with Crippen molar-refractivity contribution in [2.75, 3.05) is 17.3 Å². The van der Waals surface area contributed by atoms with Crippen LogP contribution < -0.4 is 15.0 Å². The number of imide groups is 1. The first-order valence-electron chi connectivity index (χ1n) is 11.4. The number of benzene rings is 3. The SMILES string of the molecule is COc1ccc(NC2=C(Sc3ccc(C)cc3)C(=O)N(c3ccc(C(=O)OC(C)C)cc3)C2=O)cc1. The minimum absolute atomic E-state index is 0.180. The van der Waals surface area contributed by atoms with E-state index in [1.807, 2.05) is 31.2 Å². The molecule has 1 aliphatic heterocycles. The molecule has 1 heterocycles. The van der Waals surface area contributed by atoms with E-state index in [9.17, 15) is 14.4 Å². The number of hydrogen-bond donors (Lipinski definition) is 1. The number of hydrogen-bond acceptors (Lipinski definition) is 7. The molecular formula is C28H26N2O5S. The van der Waals surface area contributed by atoms with Crippen LogP contribution in [-0.4, -0.2) is 31.0 Å². The molecule has 0 atom stereocenters. The molecule has 7 nitrogen and oxygen atoms in total. The lowest BCUT2D eigenvalue weighted by atomic mass is 10.2. The summed E-state index contributed by atoms with van der Waals surface area (Å²) in [5, 5.41) is 3.12. The first-order valence-corrected chi connectivity index (χ1v) is 12.2. The van der Waals surface area contributed by atoms with E-state index in [2.05, 4.69) is 5.32 Å². The molecular weight excluding hydrogens is 476 g/mol. The number of nitrogens with one attached hydrogen (secondary N) is 1. The number of carbonyl (C=O) groups is 3. The summed E-state index contributed by atoms with van der Waals surface area (Å²) in [6.07, 6.45) is -0.254. The normalized spacial score (nSPS) is 13.4. The molecule has 4 rings (SSSR count). The van der Waals surface area contributed by atoms with Gasteiger partial charge in [0.05, 0.1) is 24.5 Å². The van der Waals surface area contributed by atoms with Crippen molar-refractivity contribution in [3.8, 4) is 5.75 Å². The summed E-state index contributed by atoms with van der Waals surface area (Å²) in [7, 11) is 1.58. The van der Waals surface area contributed by atoms with Gasteiger partial charge in [0.25, 0.3) is 11.8 Å². The van der Waals surface area contributed by atoms with Crippen LogP contribution in [-0.2, 0) is 14.3 Å². The summed E-state index contributed by atoms with van der Waals surface area (Å²) in [6.45, 7) is 5.52. The second kappa shape index (κ2) is 10.7. The first kappa shape index (κ1) is 25.1. The van der Waals surface area contributed by atoms with Crippen molar-refractivity contribution in [2.45, 2.75) is 31.8 Å². The van der Waals surface area contributed by atoms with Crippen molar-refractivity contribution in [3.63, 3.8) is 0 Å². The van der Waals surface area contributed by atoms with Crippen LogP contribution in [0.5, 0.6) is 5.75 Å². The Kier molecular flexibility index (Phi) is 7.45. The molecule has 8 heteroatoms. The standard InChI is InChI=1S/C28H26N2O5S/c1-17(2)35-28(33)19-7-11-21(12-8-19)30-26(31)24(29-20-9-13-22(34-4)14-10-20)25(27(30)32)36-23-15-5-18(3)6-16-23/h5-17,29H,1-4H3. The van der Waals surface area contributed by atoms with E-state index in [-0.39, 0.29) is 16.7 Å². The molecule has 0 unspecified atom stereocenters. The van der Waals surface area contributed by atoms with Crippen molar-refractivity contribution in [3.05, 3.63) is 94.5 Å². The van der Waals surface area contributed by atoms with E-state index in [4.69, 9.17) is 9.47 Å². The highest BCUT2D eigenvalue weighted by Crippen LogP contribution is 2.38. The van der Waals surface area contributed by atoms with Crippen molar-refractivity contribution < 1.29 is 23.9 Å². The van der Waals surface area contributed by atoms with Crippen molar-refractivity contribution in [2.24, 2.45) is 0 Å². The van der Waals surface area contributed by atoms with E-state index in [0.29, 0.717) is 22.7 Å². The second-order valence-corrected chi connectivity index (χ2v) is 9.50. The Morgan fingerprint density at radius 2 is 1.53 bits per heavy atom. The molecule has 3 aromatic carbocycles. The highest BCUT2D eigenvalue weighted by molar-refractivity contribution is 8.04. The van der Waals surface area contributed by atoms with Crippen LogP contribution in [0.2, 0.25) is 0 Å². The predicted molar refractivity (Wildman–Crippen MR) is 140 cm³/mol. The molecule has 3 aromatic rings. The zero-order valence-corrected chi connectivity index (χ0v) is 21.2. The fourth-order valence-corrected chi connectivity index (χ4v) is 4.45. The lowest BCUT2D eigenvalue weighted by Crippen LogP contribution is -2.32. The maximum Gasteiger partial charge on any atom is 0.338 e. The summed E-state index contributed by atoms with van der Waals surface area (Å²) in [4.78, 5) is 41.5. The average Bonchev–Trinajstić information content (AvgIpc) is 3.09. The van der Waals surface area contributed by atoms with Crippen LogP contribution in [0.1, 0.15) is 29.8 Å². The fraction of sp³-hybridized carbons (Fsp3) is 0.179. The molecule has 0 saturated heterocycles. The average molecular weight is 503 g/mol. The van der Waals surface area contributed by atoms with Crippen LogP contribution >= 0.6 is 11.8 Å². The number of methoxy groups -OCH3 is 1. The fourth-order valence-electron chi connectivity index (χ4n) is 3.52. The molecule has 0 aliphatic carbocycles. The van der Waals surface area contributed by atoms with Gasteiger partial charge in [0.15, 0.2) is 0 Å². The number of aryl methyl sites for hydroxylation is 1. The van der Waals surface area contributed by atoms with Gasteiger partial charge in [0.1, 0.15) is 16.4 Å². The lowest BCUT2D eigenvalue weighted by Gasteiger charge is -2.16. The van der Waals surface area contributed by atoms with E-state index in [1.54, 1.807) is 69.5 Å². The van der Waals surface area contributed by atoms with Gasteiger partial charge >= 0.3 is 5.97 Å². The number of amides is 2. The molecule has 2 amide bonds. The van der Waals surface area contributed by atoms with Gasteiger partial charge in [-0.2, -0.15) is 0 Å². The van der Waals surface area contributed by atoms with Gasteiger partial charge in [-0.1, -0.05) is 29.5 Å². The third kappa shape index (κ3) is 5.44. The number of anilines is 2. The number of rotatable bonds is 8. The third-order valence-electron chi connectivity index (χ3n) is 5.35. The topological polar surface area (TPSA) is 84.9 Å². The van der Waals surface area contributed by atoms with Gasteiger partial charge in [-0.15, -0.1) is 0 Å². The molecule has 1 aliphatic rings. The summed E-state index contributed by atoms with van der Waals surface area (Å²) in [6, 6.07) is 21.0. The highest BCUT2D eigenvalue weighted by Gasteiger charge is 2.40. The van der Waals surface area contributed by atoms with Crippen LogP contribution in [0.4, 0.5) is 11.4 Å². The Labute approximate surface area is 214 Å². The Bertz CT molecular complexity index is 1310. The van der Waals surface area contributed by atoms with Crippen LogP contribution in [0.3, 0.4) is 0 Å². The van der Waals surface area contributed by atoms with Gasteiger partial charge in [0.2, 0.25) is 0 Å². The maximum atomic E-state index is 13.5. The van der Waals surface area contributed by atoms with Gasteiger partial charge in [-0.05, 0) is 81.4 Å². The predicted octanol–water partition coefficient (Wildman–Crippen LogP) is 5.56. The number of esters is 1. The molecule has 0 bridgehead atoms. The third-order valence-corrected chi connectivity index (χ3v) is 6.44. The van der Waals surface area contributed by atoms with Gasteiger partial charge in [0, 0.05) is 10.6 Å². The Morgan fingerprint density at radius 3 is 2.11 bits per heavy atom. The Morgan fingerprint density at radius 1 is 0.889 bits per heavy atom. The van der Waals surface area contributed by atoms with E-state index in [0.717, 1.165) is 15.4 Å². The van der Waals surface area contributed by atoms with E-state index >= 15 is 0 Å². The molecule has 36 heavy (non-hydrogen) atoms. The monoisotopic (exact) mass is 502 g/mol. The molecule has 0 fully saturated rings. The van der Waals surface area contributed by atoms with Gasteiger partial charge in [-0.3, -0.25) is 9.59 Å². The van der Waals surface area contributed by atoms with Crippen molar-refractivity contribution >= 4 is 40.9 Å². The largest absolute Gasteiger partial charge is 0.497 e. The zero-order valence-electron chi connectivity index (χ0n) is 20.4. The van der Waals surface area contributed by atoms with E-state index in [1.165, 1.54) is 11.8 Å². The highest BCUT2D eigenvalue weighted by atomic mass is 32.2. The molecule has 0 saturated carbocycles. The number of nitrogens with zero attached hydrogens (tertiary/aromatic N) is 1. The number of ether oxygens (including phenoxy) is 2. The van der Waals surface area contributed by atoms with Crippen LogP contribution in [0.25, 0.3) is 0 Å². The maximum absolute atomic E-state index is 13.5. The number of thioether (sulfide) groups is 1. The quantitative estimate of drug-likeness (QED) is 0.319. The van der Waals surface area contributed by atoms with E-state index < -0.39 is 17.8 Å². The molecule has 1 N–H and O–H groups in total. The minimum Gasteiger partial charge on any atom is -0.497 e. The second-order valence-electron chi connectivity index (χ2n) is 8.42. The Hall–Kier alpha value is -4.04. The lowest BCUT2D eigenvalue weighted by molar-refractivity contribution is -0.120. The molecule has 0 aromatic heterocycles. The summed E-state index contributed by atoms with van der Waals surface area (Å²) < 4.78 is 10.4. The summed E-state index contributed by atoms with van der Waals surface area (Å²) in [5.41, 5.74) is 2.61. The smallest absolute Gasteiger partial charge is 0.338 e. The minimum atomic E-state index is -0.483. The molecule has 0 spiro atoms. The van der Waals surface area contributed by atoms with Gasteiger partial charge in [-0.25, -0.2) is 9.69 Å². The molecule has 184 valence electrons. The summed E-state index contributed by atoms with van der Waals surface area (Å²) >= 11 is 1.23. The number of carbonyl (C=O) groups excluding carboxylic acids is 3. The van der Waals surface area contributed by atoms with Gasteiger partial charge < -0.3 is 14.8 Å². The van der Waals surface area contributed by atoms with Crippen molar-refractivity contribution in [1.29, 1.82) is 0 Å².